The van der Waals surface area contributed by atoms with Crippen molar-refractivity contribution < 1.29 is 15.0 Å². The fraction of sp³-hybridized carbons (Fsp3) is 0.462. The first-order valence-electron chi connectivity index (χ1n) is 5.82. The summed E-state index contributed by atoms with van der Waals surface area (Å²) in [4.78, 5) is 10.8. The third-order valence-electron chi connectivity index (χ3n) is 3.27. The summed E-state index contributed by atoms with van der Waals surface area (Å²) in [5, 5.41) is 21.3. The van der Waals surface area contributed by atoms with E-state index >= 15 is 0 Å². The number of anilines is 1. The quantitative estimate of drug-likeness (QED) is 0.745. The average molecular weight is 235 g/mol. The molecule has 17 heavy (non-hydrogen) atoms. The van der Waals surface area contributed by atoms with Gasteiger partial charge in [-0.25, -0.2) is 4.79 Å². The Morgan fingerprint density at radius 1 is 1.47 bits per heavy atom. The minimum atomic E-state index is -0.901. The van der Waals surface area contributed by atoms with Crippen molar-refractivity contribution >= 4 is 11.7 Å². The lowest BCUT2D eigenvalue weighted by molar-refractivity contribution is 0.0486. The number of carboxylic acids is 1. The van der Waals surface area contributed by atoms with Crippen molar-refractivity contribution in [1.82, 2.24) is 0 Å². The summed E-state index contributed by atoms with van der Waals surface area (Å²) in [5.74, 6) is -0.370. The lowest BCUT2D eigenvalue weighted by atomic mass is 9.82. The van der Waals surface area contributed by atoms with E-state index in [-0.39, 0.29) is 6.10 Å². The van der Waals surface area contributed by atoms with Crippen molar-refractivity contribution in [1.29, 1.82) is 0 Å². The molecule has 1 aliphatic rings. The number of rotatable bonds is 4. The zero-order chi connectivity index (χ0) is 12.4. The van der Waals surface area contributed by atoms with E-state index in [9.17, 15) is 9.90 Å². The highest BCUT2D eigenvalue weighted by Crippen LogP contribution is 2.27. The van der Waals surface area contributed by atoms with Crippen LogP contribution in [-0.4, -0.2) is 28.8 Å². The third kappa shape index (κ3) is 2.77. The number of carbonyl (C=O) groups is 1. The lowest BCUT2D eigenvalue weighted by Crippen LogP contribution is -2.33. The molecule has 0 heterocycles. The molecule has 0 saturated heterocycles. The number of aryl methyl sites for hydroxylation is 1. The second-order valence-electron chi connectivity index (χ2n) is 4.71. The number of nitrogens with one attached hydrogen (secondary N) is 1. The van der Waals surface area contributed by atoms with Crippen molar-refractivity contribution in [3.8, 4) is 0 Å². The standard InChI is InChI=1S/C13H17NO3/c1-8-4-10(13(16)17)2-3-12(8)14-7-9-5-11(15)6-9/h2-4,9,11,14-15H,5-7H2,1H3,(H,16,17). The minimum Gasteiger partial charge on any atom is -0.478 e. The Balaban J connectivity index is 1.94. The predicted molar refractivity (Wildman–Crippen MR) is 65.4 cm³/mol. The van der Waals surface area contributed by atoms with Gasteiger partial charge in [0.2, 0.25) is 0 Å². The van der Waals surface area contributed by atoms with Gasteiger partial charge in [-0.3, -0.25) is 0 Å². The maximum atomic E-state index is 10.8. The maximum absolute atomic E-state index is 10.8. The maximum Gasteiger partial charge on any atom is 0.335 e. The van der Waals surface area contributed by atoms with Crippen LogP contribution in [0.3, 0.4) is 0 Å². The first kappa shape index (κ1) is 11.9. The Bertz CT molecular complexity index is 425. The molecule has 1 saturated carbocycles. The summed E-state index contributed by atoms with van der Waals surface area (Å²) < 4.78 is 0. The highest BCUT2D eigenvalue weighted by molar-refractivity contribution is 5.88. The number of benzene rings is 1. The van der Waals surface area contributed by atoms with Gasteiger partial charge in [-0.05, 0) is 49.4 Å². The van der Waals surface area contributed by atoms with E-state index in [4.69, 9.17) is 5.11 Å². The Morgan fingerprint density at radius 3 is 2.71 bits per heavy atom. The van der Waals surface area contributed by atoms with Gasteiger partial charge in [-0.2, -0.15) is 0 Å². The van der Waals surface area contributed by atoms with E-state index in [0.29, 0.717) is 11.5 Å². The summed E-state index contributed by atoms with van der Waals surface area (Å²) in [6.45, 7) is 2.73. The Morgan fingerprint density at radius 2 is 2.18 bits per heavy atom. The molecule has 1 aromatic carbocycles. The summed E-state index contributed by atoms with van der Waals surface area (Å²) in [5.41, 5.74) is 2.22. The average Bonchev–Trinajstić information content (AvgIpc) is 2.24. The van der Waals surface area contributed by atoms with Crippen LogP contribution in [0.5, 0.6) is 0 Å². The van der Waals surface area contributed by atoms with Gasteiger partial charge in [0.25, 0.3) is 0 Å². The SMILES string of the molecule is Cc1cc(C(=O)O)ccc1NCC1CC(O)C1. The van der Waals surface area contributed by atoms with Gasteiger partial charge in [0, 0.05) is 12.2 Å². The van der Waals surface area contributed by atoms with Gasteiger partial charge in [-0.15, -0.1) is 0 Å². The molecule has 2 rings (SSSR count). The van der Waals surface area contributed by atoms with E-state index in [0.717, 1.165) is 30.6 Å². The molecule has 0 spiro atoms. The van der Waals surface area contributed by atoms with Gasteiger partial charge in [0.15, 0.2) is 0 Å². The minimum absolute atomic E-state index is 0.128. The van der Waals surface area contributed by atoms with E-state index in [1.54, 1.807) is 18.2 Å². The fourth-order valence-electron chi connectivity index (χ4n) is 2.12. The molecule has 1 aromatic rings. The normalized spacial score (nSPS) is 22.9. The molecule has 4 nitrogen and oxygen atoms in total. The summed E-state index contributed by atoms with van der Waals surface area (Å²) in [6.07, 6.45) is 1.59. The van der Waals surface area contributed by atoms with E-state index in [2.05, 4.69) is 5.32 Å². The van der Waals surface area contributed by atoms with Gasteiger partial charge in [0.05, 0.1) is 11.7 Å². The topological polar surface area (TPSA) is 69.6 Å². The van der Waals surface area contributed by atoms with Crippen LogP contribution >= 0.6 is 0 Å². The summed E-state index contributed by atoms with van der Waals surface area (Å²) in [6, 6.07) is 5.07. The van der Waals surface area contributed by atoms with Crippen molar-refractivity contribution in [3.63, 3.8) is 0 Å². The molecule has 92 valence electrons. The predicted octanol–water partition coefficient (Wildman–Crippen LogP) is 1.88. The van der Waals surface area contributed by atoms with Crippen LogP contribution in [-0.2, 0) is 0 Å². The number of aliphatic hydroxyl groups is 1. The van der Waals surface area contributed by atoms with Gasteiger partial charge < -0.3 is 15.5 Å². The van der Waals surface area contributed by atoms with Crippen LogP contribution in [0.2, 0.25) is 0 Å². The molecule has 0 aromatic heterocycles. The van der Waals surface area contributed by atoms with Crippen LogP contribution < -0.4 is 5.32 Å². The van der Waals surface area contributed by atoms with Crippen molar-refractivity contribution in [2.75, 3.05) is 11.9 Å². The molecule has 0 aliphatic heterocycles. The lowest BCUT2D eigenvalue weighted by Gasteiger charge is -2.31. The second kappa shape index (κ2) is 4.75. The summed E-state index contributed by atoms with van der Waals surface area (Å²) in [7, 11) is 0. The number of aromatic carboxylic acids is 1. The molecular formula is C13H17NO3. The molecule has 0 amide bonds. The van der Waals surface area contributed by atoms with Gasteiger partial charge in [0.1, 0.15) is 0 Å². The molecule has 0 atom stereocenters. The van der Waals surface area contributed by atoms with Crippen LogP contribution in [0.1, 0.15) is 28.8 Å². The molecule has 0 radical (unpaired) electrons. The smallest absolute Gasteiger partial charge is 0.335 e. The zero-order valence-corrected chi connectivity index (χ0v) is 9.81. The molecule has 4 heteroatoms. The highest BCUT2D eigenvalue weighted by atomic mass is 16.4. The van der Waals surface area contributed by atoms with Gasteiger partial charge in [-0.1, -0.05) is 0 Å². The van der Waals surface area contributed by atoms with E-state index in [1.807, 2.05) is 6.92 Å². The van der Waals surface area contributed by atoms with Crippen LogP contribution in [0.15, 0.2) is 18.2 Å². The fourth-order valence-corrected chi connectivity index (χ4v) is 2.12. The molecule has 1 fully saturated rings. The van der Waals surface area contributed by atoms with Crippen LogP contribution in [0, 0.1) is 12.8 Å². The first-order chi connectivity index (χ1) is 8.06. The van der Waals surface area contributed by atoms with Crippen molar-refractivity contribution in [2.45, 2.75) is 25.9 Å². The van der Waals surface area contributed by atoms with Crippen molar-refractivity contribution in [3.05, 3.63) is 29.3 Å². The Kier molecular flexibility index (Phi) is 3.33. The molecule has 0 bridgehead atoms. The number of hydrogen-bond donors (Lipinski definition) is 3. The molecular weight excluding hydrogens is 218 g/mol. The zero-order valence-electron chi connectivity index (χ0n) is 9.81. The number of hydrogen-bond acceptors (Lipinski definition) is 3. The van der Waals surface area contributed by atoms with Gasteiger partial charge >= 0.3 is 5.97 Å². The third-order valence-corrected chi connectivity index (χ3v) is 3.27. The van der Waals surface area contributed by atoms with Crippen molar-refractivity contribution in [2.24, 2.45) is 5.92 Å². The van der Waals surface area contributed by atoms with Crippen LogP contribution in [0.25, 0.3) is 0 Å². The number of aliphatic hydroxyl groups excluding tert-OH is 1. The molecule has 1 aliphatic carbocycles. The Hall–Kier alpha value is -1.55. The molecule has 3 N–H and O–H groups in total. The monoisotopic (exact) mass is 235 g/mol. The first-order valence-corrected chi connectivity index (χ1v) is 5.82. The van der Waals surface area contributed by atoms with E-state index in [1.165, 1.54) is 0 Å². The van der Waals surface area contributed by atoms with Crippen LogP contribution in [0.4, 0.5) is 5.69 Å². The summed E-state index contributed by atoms with van der Waals surface area (Å²) >= 11 is 0. The number of carboxylic acid groups (broad SMARTS) is 1. The van der Waals surface area contributed by atoms with E-state index < -0.39 is 5.97 Å². The molecule has 0 unspecified atom stereocenters. The highest BCUT2D eigenvalue weighted by Gasteiger charge is 2.26. The largest absolute Gasteiger partial charge is 0.478 e. The second-order valence-corrected chi connectivity index (χ2v) is 4.71. The Labute approximate surface area is 100 Å².